The fraction of sp³-hybridized carbons (Fsp3) is 0.105. The first-order valence-electron chi connectivity index (χ1n) is 7.88. The second-order valence-electron chi connectivity index (χ2n) is 5.60. The molecule has 0 amide bonds. The van der Waals surface area contributed by atoms with Crippen molar-refractivity contribution in [2.24, 2.45) is 5.10 Å². The minimum absolute atomic E-state index is 0.737. The second-order valence-corrected chi connectivity index (χ2v) is 7.58. The number of hydrogen-bond acceptors (Lipinski definition) is 6. The molecule has 3 heterocycles. The largest absolute Gasteiger partial charge is 0.260 e. The van der Waals surface area contributed by atoms with Crippen molar-refractivity contribution in [2.75, 3.05) is 5.43 Å². The number of rotatable bonds is 4. The minimum Gasteiger partial charge on any atom is -0.260 e. The van der Waals surface area contributed by atoms with E-state index in [2.05, 4.69) is 44.8 Å². The maximum atomic E-state index is 4.58. The smallest absolute Gasteiger partial charge is 0.158 e. The predicted octanol–water partition coefficient (Wildman–Crippen LogP) is 5.56. The van der Waals surface area contributed by atoms with Crippen LogP contribution in [0.5, 0.6) is 0 Å². The molecule has 0 aliphatic carbocycles. The van der Waals surface area contributed by atoms with Crippen LogP contribution in [0.3, 0.4) is 0 Å². The summed E-state index contributed by atoms with van der Waals surface area (Å²) in [5, 5.41) is 7.55. The lowest BCUT2D eigenvalue weighted by Crippen LogP contribution is -2.01. The van der Waals surface area contributed by atoms with Gasteiger partial charge >= 0.3 is 0 Å². The van der Waals surface area contributed by atoms with Crippen molar-refractivity contribution in [3.63, 3.8) is 0 Å². The number of nitrogens with zero attached hydrogens (tertiary/aromatic N) is 3. The lowest BCUT2D eigenvalue weighted by atomic mass is 10.2. The van der Waals surface area contributed by atoms with Crippen molar-refractivity contribution in [2.45, 2.75) is 13.8 Å². The predicted molar refractivity (Wildman–Crippen MR) is 108 cm³/mol. The number of hydrazone groups is 1. The summed E-state index contributed by atoms with van der Waals surface area (Å²) in [7, 11) is 0. The van der Waals surface area contributed by atoms with Crippen LogP contribution in [0.15, 0.2) is 59.0 Å². The van der Waals surface area contributed by atoms with Crippen LogP contribution >= 0.6 is 22.7 Å². The molecule has 124 valence electrons. The van der Waals surface area contributed by atoms with Crippen molar-refractivity contribution in [1.82, 2.24) is 9.97 Å². The van der Waals surface area contributed by atoms with Gasteiger partial charge in [-0.25, -0.2) is 9.97 Å². The van der Waals surface area contributed by atoms with Gasteiger partial charge in [0.05, 0.1) is 11.1 Å². The lowest BCUT2D eigenvalue weighted by Gasteiger charge is -2.04. The highest BCUT2D eigenvalue weighted by molar-refractivity contribution is 7.21. The fourth-order valence-corrected chi connectivity index (χ4v) is 4.29. The molecular formula is C19H16N4S2. The zero-order valence-corrected chi connectivity index (χ0v) is 15.5. The first kappa shape index (κ1) is 15.9. The SMILES string of the molecule is C/C(=N\Nc1nc(C)nc2sc(-c3ccccc3)cc12)c1cccs1. The Morgan fingerprint density at radius 1 is 1.08 bits per heavy atom. The van der Waals surface area contributed by atoms with Crippen LogP contribution < -0.4 is 5.43 Å². The van der Waals surface area contributed by atoms with E-state index in [0.29, 0.717) is 0 Å². The molecule has 6 heteroatoms. The number of fused-ring (bicyclic) bond motifs is 1. The maximum absolute atomic E-state index is 4.58. The van der Waals surface area contributed by atoms with E-state index >= 15 is 0 Å². The lowest BCUT2D eigenvalue weighted by molar-refractivity contribution is 1.08. The quantitative estimate of drug-likeness (QED) is 0.381. The molecule has 25 heavy (non-hydrogen) atoms. The molecule has 0 fully saturated rings. The van der Waals surface area contributed by atoms with Gasteiger partial charge in [0, 0.05) is 9.75 Å². The Bertz CT molecular complexity index is 1030. The highest BCUT2D eigenvalue weighted by atomic mass is 32.1. The van der Waals surface area contributed by atoms with Crippen molar-refractivity contribution in [1.29, 1.82) is 0 Å². The van der Waals surface area contributed by atoms with Gasteiger partial charge in [-0.05, 0) is 36.9 Å². The number of hydrogen-bond donors (Lipinski definition) is 1. The number of aryl methyl sites for hydroxylation is 1. The van der Waals surface area contributed by atoms with Crippen molar-refractivity contribution < 1.29 is 0 Å². The zero-order valence-electron chi connectivity index (χ0n) is 13.9. The van der Waals surface area contributed by atoms with Gasteiger partial charge in [-0.15, -0.1) is 22.7 Å². The van der Waals surface area contributed by atoms with E-state index in [1.807, 2.05) is 43.5 Å². The molecule has 3 aromatic heterocycles. The molecule has 0 saturated heterocycles. The van der Waals surface area contributed by atoms with Crippen LogP contribution in [0.25, 0.3) is 20.7 Å². The topological polar surface area (TPSA) is 50.2 Å². The molecule has 0 unspecified atom stereocenters. The van der Waals surface area contributed by atoms with E-state index in [1.54, 1.807) is 22.7 Å². The van der Waals surface area contributed by atoms with E-state index in [0.717, 1.165) is 32.4 Å². The van der Waals surface area contributed by atoms with Crippen molar-refractivity contribution in [3.8, 4) is 10.4 Å². The van der Waals surface area contributed by atoms with Gasteiger partial charge in [0.1, 0.15) is 10.7 Å². The highest BCUT2D eigenvalue weighted by Gasteiger charge is 2.11. The Kier molecular flexibility index (Phi) is 4.29. The number of aromatic nitrogens is 2. The molecule has 0 radical (unpaired) electrons. The molecule has 0 saturated carbocycles. The summed E-state index contributed by atoms with van der Waals surface area (Å²) in [6.07, 6.45) is 0. The minimum atomic E-state index is 0.737. The van der Waals surface area contributed by atoms with Gasteiger partial charge in [-0.2, -0.15) is 5.10 Å². The summed E-state index contributed by atoms with van der Waals surface area (Å²) in [6.45, 7) is 3.90. The van der Waals surface area contributed by atoms with Gasteiger partial charge in [-0.1, -0.05) is 36.4 Å². The van der Waals surface area contributed by atoms with E-state index < -0.39 is 0 Å². The Morgan fingerprint density at radius 2 is 1.92 bits per heavy atom. The Labute approximate surface area is 153 Å². The summed E-state index contributed by atoms with van der Waals surface area (Å²) < 4.78 is 0. The van der Waals surface area contributed by atoms with Crippen molar-refractivity contribution >= 4 is 44.4 Å². The molecule has 4 rings (SSSR count). The summed E-state index contributed by atoms with van der Waals surface area (Å²) >= 11 is 3.35. The molecule has 0 aliphatic heterocycles. The number of benzene rings is 1. The Morgan fingerprint density at radius 3 is 2.68 bits per heavy atom. The monoisotopic (exact) mass is 364 g/mol. The van der Waals surface area contributed by atoms with E-state index in [-0.39, 0.29) is 0 Å². The molecule has 0 aliphatic rings. The zero-order chi connectivity index (χ0) is 17.2. The van der Waals surface area contributed by atoms with Crippen LogP contribution in [-0.4, -0.2) is 15.7 Å². The fourth-order valence-electron chi connectivity index (χ4n) is 2.53. The second kappa shape index (κ2) is 6.74. The first-order valence-corrected chi connectivity index (χ1v) is 9.58. The maximum Gasteiger partial charge on any atom is 0.158 e. The van der Waals surface area contributed by atoms with E-state index in [4.69, 9.17) is 0 Å². The normalized spacial score (nSPS) is 11.8. The molecule has 0 spiro atoms. The standard InChI is InChI=1S/C19H16N4S2/c1-12(16-9-6-10-24-16)22-23-18-15-11-17(14-7-4-3-5-8-14)25-19(15)21-13(2)20-18/h3-11H,1-2H3,(H,20,21,23)/b22-12+. The van der Waals surface area contributed by atoms with Crippen LogP contribution in [0.4, 0.5) is 5.82 Å². The van der Waals surface area contributed by atoms with Crippen molar-refractivity contribution in [3.05, 3.63) is 64.6 Å². The summed E-state index contributed by atoms with van der Waals surface area (Å²) in [6, 6.07) is 16.5. The molecule has 4 nitrogen and oxygen atoms in total. The number of nitrogens with one attached hydrogen (secondary N) is 1. The Balaban J connectivity index is 1.73. The summed E-state index contributed by atoms with van der Waals surface area (Å²) in [5.41, 5.74) is 5.26. The van der Waals surface area contributed by atoms with Crippen LogP contribution in [0.1, 0.15) is 17.6 Å². The molecular weight excluding hydrogens is 348 g/mol. The van der Waals surface area contributed by atoms with Gasteiger partial charge in [0.15, 0.2) is 5.82 Å². The van der Waals surface area contributed by atoms with E-state index in [9.17, 15) is 0 Å². The van der Waals surface area contributed by atoms with Crippen LogP contribution in [0.2, 0.25) is 0 Å². The third-order valence-electron chi connectivity index (χ3n) is 3.77. The highest BCUT2D eigenvalue weighted by Crippen LogP contribution is 2.35. The van der Waals surface area contributed by atoms with Gasteiger partial charge < -0.3 is 0 Å². The van der Waals surface area contributed by atoms with E-state index in [1.165, 1.54) is 10.4 Å². The summed E-state index contributed by atoms with van der Waals surface area (Å²) in [4.78, 5) is 12.4. The number of anilines is 1. The van der Waals surface area contributed by atoms with Crippen LogP contribution in [-0.2, 0) is 0 Å². The third-order valence-corrected chi connectivity index (χ3v) is 5.83. The molecule has 0 bridgehead atoms. The molecule has 1 aromatic carbocycles. The third kappa shape index (κ3) is 3.31. The molecule has 1 N–H and O–H groups in total. The Hall–Kier alpha value is -2.57. The van der Waals surface area contributed by atoms with Gasteiger partial charge in [0.25, 0.3) is 0 Å². The van der Waals surface area contributed by atoms with Gasteiger partial charge in [-0.3, -0.25) is 5.43 Å². The molecule has 4 aromatic rings. The number of thiophene rings is 2. The average Bonchev–Trinajstić information content (AvgIpc) is 3.29. The van der Waals surface area contributed by atoms with Gasteiger partial charge in [0.2, 0.25) is 0 Å². The van der Waals surface area contributed by atoms with Crippen LogP contribution in [0, 0.1) is 6.92 Å². The first-order chi connectivity index (χ1) is 12.2. The average molecular weight is 364 g/mol. The summed E-state index contributed by atoms with van der Waals surface area (Å²) in [5.74, 6) is 1.48. The molecule has 0 atom stereocenters.